The Kier molecular flexibility index (Phi) is 1.52. The van der Waals surface area contributed by atoms with Crippen LogP contribution in [0.4, 0.5) is 4.39 Å². The molecular weight excluding hydrogens is 205 g/mol. The highest BCUT2D eigenvalue weighted by Crippen LogP contribution is 2.50. The predicted octanol–water partition coefficient (Wildman–Crippen LogP) is 1.22. The van der Waals surface area contributed by atoms with Gasteiger partial charge in [0.05, 0.1) is 0 Å². The largest absolute Gasteiger partial charge is 0.289 e. The lowest BCUT2D eigenvalue weighted by Crippen LogP contribution is -2.66. The van der Waals surface area contributed by atoms with Crippen molar-refractivity contribution in [1.29, 1.82) is 0 Å². The van der Waals surface area contributed by atoms with Gasteiger partial charge in [0.2, 0.25) is 10.1 Å². The van der Waals surface area contributed by atoms with E-state index in [1.807, 2.05) is 0 Å². The molecule has 0 aromatic rings. The van der Waals surface area contributed by atoms with Crippen molar-refractivity contribution in [2.45, 2.75) is 9.46 Å². The summed E-state index contributed by atoms with van der Waals surface area (Å²) in [7, 11) is 0. The molecular formula is C4Cl3FO2. The fourth-order valence-corrected chi connectivity index (χ4v) is 1.02. The fraction of sp³-hybridized carbons (Fsp3) is 0.500. The zero-order chi connectivity index (χ0) is 8.15. The van der Waals surface area contributed by atoms with E-state index in [0.717, 1.165) is 0 Å². The molecule has 0 saturated heterocycles. The number of hydrogen-bond donors (Lipinski definition) is 0. The highest BCUT2D eigenvalue weighted by Gasteiger charge is 2.73. The number of carbonyl (C=O) groups excluding carboxylic acids is 2. The van der Waals surface area contributed by atoms with Gasteiger partial charge in [-0.05, 0) is 0 Å². The summed E-state index contributed by atoms with van der Waals surface area (Å²) in [4.78, 5) is 20.6. The molecule has 56 valence electrons. The van der Waals surface area contributed by atoms with Crippen LogP contribution in [0.3, 0.4) is 0 Å². The Hall–Kier alpha value is 0.140. The van der Waals surface area contributed by atoms with Crippen LogP contribution in [0.1, 0.15) is 0 Å². The topological polar surface area (TPSA) is 34.1 Å². The summed E-state index contributed by atoms with van der Waals surface area (Å²) in [5.41, 5.74) is 0. The predicted molar refractivity (Wildman–Crippen MR) is 34.1 cm³/mol. The molecule has 0 N–H and O–H groups in total. The van der Waals surface area contributed by atoms with E-state index in [9.17, 15) is 14.0 Å². The molecule has 10 heavy (non-hydrogen) atoms. The van der Waals surface area contributed by atoms with Crippen LogP contribution >= 0.6 is 34.8 Å². The highest BCUT2D eigenvalue weighted by atomic mass is 35.5. The van der Waals surface area contributed by atoms with Crippen LogP contribution in [0, 0.1) is 0 Å². The van der Waals surface area contributed by atoms with Gasteiger partial charge < -0.3 is 0 Å². The van der Waals surface area contributed by atoms with Gasteiger partial charge in [-0.1, -0.05) is 34.8 Å². The van der Waals surface area contributed by atoms with Crippen molar-refractivity contribution >= 4 is 46.4 Å². The smallest absolute Gasteiger partial charge is 0.287 e. The summed E-state index contributed by atoms with van der Waals surface area (Å²) in [6.07, 6.45) is 0. The van der Waals surface area contributed by atoms with E-state index in [4.69, 9.17) is 34.8 Å². The summed E-state index contributed by atoms with van der Waals surface area (Å²) >= 11 is 14.9. The van der Waals surface area contributed by atoms with Gasteiger partial charge in [0, 0.05) is 0 Å². The van der Waals surface area contributed by atoms with Crippen LogP contribution in [0.5, 0.6) is 0 Å². The lowest BCUT2D eigenvalue weighted by Gasteiger charge is -2.36. The third-order valence-electron chi connectivity index (χ3n) is 1.17. The first-order chi connectivity index (χ1) is 4.32. The molecule has 0 bridgehead atoms. The summed E-state index contributed by atoms with van der Waals surface area (Å²) in [6.45, 7) is 0. The Balaban J connectivity index is 3.04. The SMILES string of the molecule is O=C1C(=O)C(Cl)(Cl)C1(F)Cl. The van der Waals surface area contributed by atoms with Crippen molar-refractivity contribution < 1.29 is 14.0 Å². The molecule has 0 spiro atoms. The van der Waals surface area contributed by atoms with E-state index in [0.29, 0.717) is 0 Å². The first-order valence-corrected chi connectivity index (χ1v) is 3.30. The molecule has 6 heteroatoms. The van der Waals surface area contributed by atoms with Crippen molar-refractivity contribution in [2.75, 3.05) is 0 Å². The van der Waals surface area contributed by atoms with Crippen molar-refractivity contribution in [3.05, 3.63) is 0 Å². The number of carbonyl (C=O) groups is 2. The monoisotopic (exact) mass is 204 g/mol. The Bertz CT molecular complexity index is 199. The molecule has 0 aliphatic heterocycles. The van der Waals surface area contributed by atoms with E-state index in [1.54, 1.807) is 0 Å². The Morgan fingerprint density at radius 3 is 1.60 bits per heavy atom. The van der Waals surface area contributed by atoms with Gasteiger partial charge in [0.1, 0.15) is 0 Å². The maximum Gasteiger partial charge on any atom is 0.289 e. The average Bonchev–Trinajstić information content (AvgIpc) is 1.84. The van der Waals surface area contributed by atoms with Crippen molar-refractivity contribution in [3.8, 4) is 0 Å². The van der Waals surface area contributed by atoms with Crippen LogP contribution in [0.15, 0.2) is 0 Å². The van der Waals surface area contributed by atoms with Crippen LogP contribution in [-0.4, -0.2) is 21.0 Å². The Morgan fingerprint density at radius 1 is 1.10 bits per heavy atom. The van der Waals surface area contributed by atoms with Crippen LogP contribution in [-0.2, 0) is 9.59 Å². The maximum atomic E-state index is 12.6. The summed E-state index contributed by atoms with van der Waals surface area (Å²) < 4.78 is 10.2. The molecule has 0 heterocycles. The van der Waals surface area contributed by atoms with Crippen LogP contribution < -0.4 is 0 Å². The Morgan fingerprint density at radius 2 is 1.50 bits per heavy atom. The van der Waals surface area contributed by atoms with Crippen molar-refractivity contribution in [3.63, 3.8) is 0 Å². The zero-order valence-corrected chi connectivity index (χ0v) is 6.60. The summed E-state index contributed by atoms with van der Waals surface area (Å²) in [5, 5.41) is -2.94. The first kappa shape index (κ1) is 8.24. The molecule has 0 radical (unpaired) electrons. The number of alkyl halides is 4. The molecule has 0 amide bonds. The van der Waals surface area contributed by atoms with Gasteiger partial charge in [-0.2, -0.15) is 0 Å². The van der Waals surface area contributed by atoms with Crippen molar-refractivity contribution in [1.82, 2.24) is 0 Å². The molecule has 0 aromatic heterocycles. The molecule has 1 aliphatic carbocycles. The maximum absolute atomic E-state index is 12.6. The first-order valence-electron chi connectivity index (χ1n) is 2.16. The van der Waals surface area contributed by atoms with E-state index in [2.05, 4.69) is 0 Å². The molecule has 1 unspecified atom stereocenters. The molecule has 1 saturated carbocycles. The number of halogens is 4. The third kappa shape index (κ3) is 0.657. The van der Waals surface area contributed by atoms with E-state index in [-0.39, 0.29) is 0 Å². The lowest BCUT2D eigenvalue weighted by molar-refractivity contribution is -0.151. The molecule has 2 nitrogen and oxygen atoms in total. The third-order valence-corrected chi connectivity index (χ3v) is 2.68. The van der Waals surface area contributed by atoms with E-state index in [1.165, 1.54) is 0 Å². The second-order valence-corrected chi connectivity index (χ2v) is 3.66. The highest BCUT2D eigenvalue weighted by molar-refractivity contribution is 6.82. The van der Waals surface area contributed by atoms with E-state index < -0.39 is 21.0 Å². The average molecular weight is 205 g/mol. The number of ketones is 2. The second kappa shape index (κ2) is 1.84. The summed E-state index contributed by atoms with van der Waals surface area (Å²) in [5.74, 6) is -2.59. The standard InChI is InChI=1S/C4Cl3FO2/c5-3(6)1(9)2(10)4(3,7)8. The minimum absolute atomic E-state index is 1.20. The van der Waals surface area contributed by atoms with Gasteiger partial charge in [0.15, 0.2) is 0 Å². The number of rotatable bonds is 0. The number of Topliss-reactive ketones (excluding diaryl/α,β-unsaturated/α-hetero) is 2. The minimum atomic E-state index is -2.94. The van der Waals surface area contributed by atoms with Gasteiger partial charge in [-0.25, -0.2) is 4.39 Å². The summed E-state index contributed by atoms with van der Waals surface area (Å²) in [6, 6.07) is 0. The normalized spacial score (nSPS) is 37.6. The molecule has 1 rings (SSSR count). The van der Waals surface area contributed by atoms with Gasteiger partial charge in [0.25, 0.3) is 10.9 Å². The fourth-order valence-electron chi connectivity index (χ4n) is 0.508. The van der Waals surface area contributed by atoms with Crippen molar-refractivity contribution in [2.24, 2.45) is 0 Å². The second-order valence-electron chi connectivity index (χ2n) is 1.81. The molecule has 1 aliphatic rings. The minimum Gasteiger partial charge on any atom is -0.287 e. The quantitative estimate of drug-likeness (QED) is 0.440. The Labute approximate surface area is 70.2 Å². The molecule has 1 atom stereocenters. The molecule has 0 aromatic carbocycles. The van der Waals surface area contributed by atoms with Gasteiger partial charge in [-0.15, -0.1) is 0 Å². The van der Waals surface area contributed by atoms with E-state index >= 15 is 0 Å². The van der Waals surface area contributed by atoms with Gasteiger partial charge in [-0.3, -0.25) is 9.59 Å². The zero-order valence-electron chi connectivity index (χ0n) is 4.33. The lowest BCUT2D eigenvalue weighted by atomic mass is 9.91. The number of hydrogen-bond acceptors (Lipinski definition) is 2. The van der Waals surface area contributed by atoms with Crippen LogP contribution in [0.2, 0.25) is 0 Å². The van der Waals surface area contributed by atoms with Crippen LogP contribution in [0.25, 0.3) is 0 Å². The molecule has 1 fully saturated rings. The van der Waals surface area contributed by atoms with Gasteiger partial charge >= 0.3 is 0 Å².